The Kier molecular flexibility index (Phi) is 6.93. The van der Waals surface area contributed by atoms with Gasteiger partial charge in [-0.15, -0.1) is 0 Å². The highest BCUT2D eigenvalue weighted by molar-refractivity contribution is 6.30. The highest BCUT2D eigenvalue weighted by atomic mass is 35.5. The van der Waals surface area contributed by atoms with Gasteiger partial charge in [0.2, 0.25) is 0 Å². The van der Waals surface area contributed by atoms with Crippen LogP contribution >= 0.6 is 23.2 Å². The van der Waals surface area contributed by atoms with Gasteiger partial charge in [0.15, 0.2) is 11.5 Å². The van der Waals surface area contributed by atoms with E-state index in [1.165, 1.54) is 0 Å². The van der Waals surface area contributed by atoms with Gasteiger partial charge in [-0.05, 0) is 47.0 Å². The average Bonchev–Trinajstić information content (AvgIpc) is 2.69. The molecule has 0 aliphatic heterocycles. The normalized spacial score (nSPS) is 10.6. The maximum Gasteiger partial charge on any atom is 0.161 e. The lowest BCUT2D eigenvalue weighted by Gasteiger charge is -2.13. The smallest absolute Gasteiger partial charge is 0.161 e. The summed E-state index contributed by atoms with van der Waals surface area (Å²) in [5.41, 5.74) is 3.23. The molecule has 1 aromatic heterocycles. The van der Waals surface area contributed by atoms with Gasteiger partial charge in [0.25, 0.3) is 0 Å². The van der Waals surface area contributed by atoms with Gasteiger partial charge in [-0.3, -0.25) is 0 Å². The largest absolute Gasteiger partial charge is 0.493 e. The molecule has 0 atom stereocenters. The quantitative estimate of drug-likeness (QED) is 0.521. The summed E-state index contributed by atoms with van der Waals surface area (Å²) in [4.78, 5) is 4.08. The average molecular weight is 403 g/mol. The van der Waals surface area contributed by atoms with Gasteiger partial charge in [-0.1, -0.05) is 47.5 Å². The monoisotopic (exact) mass is 402 g/mol. The van der Waals surface area contributed by atoms with Crippen molar-refractivity contribution in [3.63, 3.8) is 0 Å². The van der Waals surface area contributed by atoms with Crippen LogP contribution in [-0.2, 0) is 19.7 Å². The summed E-state index contributed by atoms with van der Waals surface area (Å²) in [5, 5.41) is 4.59. The van der Waals surface area contributed by atoms with Crippen molar-refractivity contribution in [3.05, 3.63) is 87.7 Å². The highest BCUT2D eigenvalue weighted by Crippen LogP contribution is 2.29. The summed E-state index contributed by atoms with van der Waals surface area (Å²) in [6, 6.07) is 17.3. The van der Waals surface area contributed by atoms with Gasteiger partial charge in [-0.2, -0.15) is 0 Å². The molecule has 0 aliphatic rings. The van der Waals surface area contributed by atoms with Gasteiger partial charge in [0.1, 0.15) is 11.8 Å². The number of benzene rings is 2. The molecule has 2 aromatic carbocycles. The molecule has 0 fully saturated rings. The summed E-state index contributed by atoms with van der Waals surface area (Å²) in [6.07, 6.45) is 1.77. The Bertz CT molecular complexity index is 868. The second-order valence-corrected chi connectivity index (χ2v) is 6.82. The van der Waals surface area contributed by atoms with E-state index in [1.54, 1.807) is 19.4 Å². The molecule has 1 heterocycles. The maximum absolute atomic E-state index is 5.91. The SMILES string of the molecule is COc1cc(CNCc2ccc(Cl)nc2)ccc1OCc1ccc(Cl)cc1. The molecule has 27 heavy (non-hydrogen) atoms. The van der Waals surface area contributed by atoms with E-state index in [-0.39, 0.29) is 0 Å². The summed E-state index contributed by atoms with van der Waals surface area (Å²) >= 11 is 11.7. The van der Waals surface area contributed by atoms with Crippen LogP contribution in [0.5, 0.6) is 11.5 Å². The van der Waals surface area contributed by atoms with E-state index in [1.807, 2.05) is 48.5 Å². The van der Waals surface area contributed by atoms with Crippen LogP contribution in [-0.4, -0.2) is 12.1 Å². The Hall–Kier alpha value is -2.27. The zero-order valence-corrected chi connectivity index (χ0v) is 16.4. The molecule has 0 aliphatic carbocycles. The molecule has 0 saturated carbocycles. The number of halogens is 2. The topological polar surface area (TPSA) is 43.4 Å². The van der Waals surface area contributed by atoms with Gasteiger partial charge >= 0.3 is 0 Å². The Morgan fingerprint density at radius 3 is 2.26 bits per heavy atom. The third-order valence-electron chi connectivity index (χ3n) is 3.98. The summed E-state index contributed by atoms with van der Waals surface area (Å²) in [5.74, 6) is 1.41. The second-order valence-electron chi connectivity index (χ2n) is 5.99. The number of pyridine rings is 1. The molecule has 140 valence electrons. The first kappa shape index (κ1) is 19.5. The standard InChI is InChI=1S/C21H20Cl2N2O2/c1-26-20-10-16(11-24-12-17-5-9-21(23)25-13-17)4-8-19(20)27-14-15-2-6-18(22)7-3-15/h2-10,13,24H,11-12,14H2,1H3. The number of rotatable bonds is 8. The molecule has 0 bridgehead atoms. The van der Waals surface area contributed by atoms with Crippen molar-refractivity contribution in [2.75, 3.05) is 7.11 Å². The van der Waals surface area contributed by atoms with Gasteiger partial charge in [0, 0.05) is 24.3 Å². The van der Waals surface area contributed by atoms with Crippen molar-refractivity contribution >= 4 is 23.2 Å². The summed E-state index contributed by atoms with van der Waals surface area (Å²) < 4.78 is 11.4. The molecule has 0 saturated heterocycles. The van der Waals surface area contributed by atoms with Crippen LogP contribution in [0.4, 0.5) is 0 Å². The lowest BCUT2D eigenvalue weighted by atomic mass is 10.2. The number of hydrogen-bond acceptors (Lipinski definition) is 4. The minimum atomic E-state index is 0.453. The van der Waals surface area contributed by atoms with Crippen LogP contribution in [0.3, 0.4) is 0 Å². The number of ether oxygens (including phenoxy) is 2. The zero-order valence-electron chi connectivity index (χ0n) is 14.9. The first-order chi connectivity index (χ1) is 13.1. The van der Waals surface area contributed by atoms with Crippen LogP contribution in [0.2, 0.25) is 10.2 Å². The lowest BCUT2D eigenvalue weighted by molar-refractivity contribution is 0.284. The molecule has 6 heteroatoms. The first-order valence-electron chi connectivity index (χ1n) is 8.49. The van der Waals surface area contributed by atoms with Crippen molar-refractivity contribution in [2.45, 2.75) is 19.7 Å². The molecule has 0 unspecified atom stereocenters. The van der Waals surface area contributed by atoms with E-state index in [0.29, 0.717) is 41.4 Å². The van der Waals surface area contributed by atoms with Crippen LogP contribution in [0.1, 0.15) is 16.7 Å². The summed E-state index contributed by atoms with van der Waals surface area (Å²) in [6.45, 7) is 1.87. The van der Waals surface area contributed by atoms with E-state index < -0.39 is 0 Å². The maximum atomic E-state index is 5.91. The van der Waals surface area contributed by atoms with E-state index in [0.717, 1.165) is 16.7 Å². The van der Waals surface area contributed by atoms with Gasteiger partial charge < -0.3 is 14.8 Å². The molecule has 3 aromatic rings. The highest BCUT2D eigenvalue weighted by Gasteiger charge is 2.07. The van der Waals surface area contributed by atoms with Gasteiger partial charge in [0.05, 0.1) is 7.11 Å². The Balaban J connectivity index is 1.56. The number of methoxy groups -OCH3 is 1. The van der Waals surface area contributed by atoms with E-state index in [2.05, 4.69) is 10.3 Å². The van der Waals surface area contributed by atoms with Crippen LogP contribution < -0.4 is 14.8 Å². The van der Waals surface area contributed by atoms with Gasteiger partial charge in [-0.25, -0.2) is 4.98 Å². The Labute approximate surface area is 169 Å². The zero-order chi connectivity index (χ0) is 19.1. The lowest BCUT2D eigenvalue weighted by Crippen LogP contribution is -2.13. The molecule has 4 nitrogen and oxygen atoms in total. The van der Waals surface area contributed by atoms with Crippen molar-refractivity contribution in [1.82, 2.24) is 10.3 Å². The third-order valence-corrected chi connectivity index (χ3v) is 4.46. The molecular weight excluding hydrogens is 383 g/mol. The van der Waals surface area contributed by atoms with E-state index in [9.17, 15) is 0 Å². The fourth-order valence-electron chi connectivity index (χ4n) is 2.55. The van der Waals surface area contributed by atoms with Crippen LogP contribution in [0, 0.1) is 0 Å². The predicted molar refractivity (Wildman–Crippen MR) is 109 cm³/mol. The molecular formula is C21H20Cl2N2O2. The fourth-order valence-corrected chi connectivity index (χ4v) is 2.78. The minimum Gasteiger partial charge on any atom is -0.493 e. The van der Waals surface area contributed by atoms with Crippen molar-refractivity contribution < 1.29 is 9.47 Å². The van der Waals surface area contributed by atoms with E-state index in [4.69, 9.17) is 32.7 Å². The van der Waals surface area contributed by atoms with Crippen molar-refractivity contribution in [3.8, 4) is 11.5 Å². The molecule has 1 N–H and O–H groups in total. The Morgan fingerprint density at radius 1 is 0.852 bits per heavy atom. The number of aromatic nitrogens is 1. The second kappa shape index (κ2) is 9.60. The molecule has 0 spiro atoms. The molecule has 0 amide bonds. The van der Waals surface area contributed by atoms with Crippen molar-refractivity contribution in [1.29, 1.82) is 0 Å². The van der Waals surface area contributed by atoms with Crippen LogP contribution in [0.15, 0.2) is 60.8 Å². The summed E-state index contributed by atoms with van der Waals surface area (Å²) in [7, 11) is 1.64. The minimum absolute atomic E-state index is 0.453. The number of hydrogen-bond donors (Lipinski definition) is 1. The molecule has 0 radical (unpaired) electrons. The number of nitrogens with zero attached hydrogens (tertiary/aromatic N) is 1. The Morgan fingerprint density at radius 2 is 1.56 bits per heavy atom. The predicted octanol–water partition coefficient (Wildman–Crippen LogP) is 5.27. The first-order valence-corrected chi connectivity index (χ1v) is 9.25. The van der Waals surface area contributed by atoms with Crippen LogP contribution in [0.25, 0.3) is 0 Å². The molecule has 3 rings (SSSR count). The third kappa shape index (κ3) is 5.86. The number of nitrogens with one attached hydrogen (secondary N) is 1. The fraction of sp³-hybridized carbons (Fsp3) is 0.190. The van der Waals surface area contributed by atoms with Crippen molar-refractivity contribution in [2.24, 2.45) is 0 Å². The van der Waals surface area contributed by atoms with E-state index >= 15 is 0 Å².